The third kappa shape index (κ3) is 4.29. The van der Waals surface area contributed by atoms with Crippen molar-refractivity contribution in [3.8, 4) is 0 Å². The van der Waals surface area contributed by atoms with Crippen LogP contribution < -0.4 is 5.32 Å². The summed E-state index contributed by atoms with van der Waals surface area (Å²) in [5.74, 6) is -0.108. The average Bonchev–Trinajstić information content (AvgIpc) is 3.11. The summed E-state index contributed by atoms with van der Waals surface area (Å²) >= 11 is 1.35. The first-order chi connectivity index (χ1) is 12.5. The van der Waals surface area contributed by atoms with Gasteiger partial charge in [0.2, 0.25) is 11.1 Å². The fourth-order valence-electron chi connectivity index (χ4n) is 2.44. The first-order valence-corrected chi connectivity index (χ1v) is 9.29. The number of carbonyl (C=O) groups is 1. The highest BCUT2D eigenvalue weighted by Crippen LogP contribution is 2.35. The molecule has 1 N–H and O–H groups in total. The normalized spacial score (nSPS) is 12.2. The Hall–Kier alpha value is -2.67. The van der Waals surface area contributed by atoms with E-state index in [1.807, 2.05) is 75.4 Å². The molecule has 0 aliphatic rings. The number of hydrogen-bond donors (Lipinski definition) is 1. The van der Waals surface area contributed by atoms with Gasteiger partial charge in [0.25, 0.3) is 0 Å². The minimum Gasteiger partial charge on any atom is -0.325 e. The second kappa shape index (κ2) is 8.14. The topological polar surface area (TPSA) is 72.7 Å². The fourth-order valence-corrected chi connectivity index (χ4v) is 3.55. The third-order valence-corrected chi connectivity index (χ3v) is 5.04. The molecule has 26 heavy (non-hydrogen) atoms. The van der Waals surface area contributed by atoms with Gasteiger partial charge in [-0.25, -0.2) is 4.68 Å². The Morgan fingerprint density at radius 2 is 1.77 bits per heavy atom. The maximum Gasteiger partial charge on any atom is 0.242 e. The molecule has 0 saturated heterocycles. The molecule has 3 rings (SSSR count). The Kier molecular flexibility index (Phi) is 5.68. The van der Waals surface area contributed by atoms with Crippen LogP contribution in [0.1, 0.15) is 36.3 Å². The van der Waals surface area contributed by atoms with Crippen LogP contribution in [0.25, 0.3) is 0 Å². The molecule has 0 aliphatic heterocycles. The monoisotopic (exact) mass is 367 g/mol. The Bertz CT molecular complexity index is 861. The lowest BCUT2D eigenvalue weighted by Crippen LogP contribution is -2.20. The molecule has 1 heterocycles. The highest BCUT2D eigenvalue weighted by Gasteiger charge is 2.25. The fraction of sp³-hybridized carbons (Fsp3) is 0.263. The van der Waals surface area contributed by atoms with Gasteiger partial charge in [-0.15, -0.1) is 5.10 Å². The van der Waals surface area contributed by atoms with Crippen LogP contribution in [0.5, 0.6) is 0 Å². The van der Waals surface area contributed by atoms with E-state index in [9.17, 15) is 4.79 Å². The quantitative estimate of drug-likeness (QED) is 0.666. The smallest absolute Gasteiger partial charge is 0.242 e. The van der Waals surface area contributed by atoms with Gasteiger partial charge in [-0.3, -0.25) is 4.79 Å². The predicted octanol–water partition coefficient (Wildman–Crippen LogP) is 4.03. The summed E-state index contributed by atoms with van der Waals surface area (Å²) in [5.41, 5.74) is 2.82. The van der Waals surface area contributed by atoms with E-state index in [1.165, 1.54) is 11.8 Å². The first-order valence-electron chi connectivity index (χ1n) is 8.41. The van der Waals surface area contributed by atoms with Crippen molar-refractivity contribution in [1.82, 2.24) is 20.2 Å². The summed E-state index contributed by atoms with van der Waals surface area (Å²) in [6.45, 7) is 6.02. The lowest BCUT2D eigenvalue weighted by molar-refractivity contribution is -0.115. The highest BCUT2D eigenvalue weighted by atomic mass is 32.2. The van der Waals surface area contributed by atoms with E-state index in [0.29, 0.717) is 5.16 Å². The molecule has 0 bridgehead atoms. The molecule has 2 aromatic carbocycles. The predicted molar refractivity (Wildman–Crippen MR) is 103 cm³/mol. The summed E-state index contributed by atoms with van der Waals surface area (Å²) in [7, 11) is 0. The van der Waals surface area contributed by atoms with E-state index < -0.39 is 5.25 Å². The van der Waals surface area contributed by atoms with Crippen molar-refractivity contribution in [3.63, 3.8) is 0 Å². The second-order valence-electron chi connectivity index (χ2n) is 6.26. The number of carbonyl (C=O) groups excluding carboxylic acids is 1. The molecular weight excluding hydrogens is 346 g/mol. The van der Waals surface area contributed by atoms with Crippen molar-refractivity contribution in [1.29, 1.82) is 0 Å². The zero-order valence-electron chi connectivity index (χ0n) is 15.0. The number of anilines is 1. The summed E-state index contributed by atoms with van der Waals surface area (Å²) in [6, 6.07) is 17.5. The third-order valence-electron chi connectivity index (χ3n) is 3.83. The Labute approximate surface area is 157 Å². The Balaban J connectivity index is 1.87. The SMILES string of the molecule is Cc1ccc(NC(=O)[C@@H](Sc2nnnn2C(C)C)c2ccccc2)cc1. The second-order valence-corrected chi connectivity index (χ2v) is 7.34. The van der Waals surface area contributed by atoms with Gasteiger partial charge in [0.05, 0.1) is 6.04 Å². The van der Waals surface area contributed by atoms with Crippen LogP contribution in [0.4, 0.5) is 5.69 Å². The van der Waals surface area contributed by atoms with E-state index in [-0.39, 0.29) is 11.9 Å². The van der Waals surface area contributed by atoms with Crippen LogP contribution in [0.15, 0.2) is 59.8 Å². The number of thioether (sulfide) groups is 1. The lowest BCUT2D eigenvalue weighted by Gasteiger charge is -2.17. The molecule has 0 unspecified atom stereocenters. The van der Waals surface area contributed by atoms with Crippen molar-refractivity contribution >= 4 is 23.4 Å². The van der Waals surface area contributed by atoms with Gasteiger partial charge in [-0.05, 0) is 48.9 Å². The number of rotatable bonds is 6. The van der Waals surface area contributed by atoms with E-state index in [1.54, 1.807) is 4.68 Å². The molecule has 0 spiro atoms. The van der Waals surface area contributed by atoms with Crippen LogP contribution in [0, 0.1) is 6.92 Å². The van der Waals surface area contributed by atoms with Gasteiger partial charge in [0, 0.05) is 5.69 Å². The van der Waals surface area contributed by atoms with Gasteiger partial charge < -0.3 is 5.32 Å². The first kappa shape index (κ1) is 18.1. The summed E-state index contributed by atoms with van der Waals surface area (Å²) in [4.78, 5) is 13.0. The highest BCUT2D eigenvalue weighted by molar-refractivity contribution is 8.00. The van der Waals surface area contributed by atoms with Crippen LogP contribution in [0.2, 0.25) is 0 Å². The van der Waals surface area contributed by atoms with Crippen molar-refractivity contribution in [2.24, 2.45) is 0 Å². The molecule has 1 aromatic heterocycles. The molecule has 0 fully saturated rings. The largest absolute Gasteiger partial charge is 0.325 e. The number of aryl methyl sites for hydroxylation is 1. The zero-order chi connectivity index (χ0) is 18.5. The van der Waals surface area contributed by atoms with E-state index in [2.05, 4.69) is 20.8 Å². The number of benzene rings is 2. The number of nitrogens with one attached hydrogen (secondary N) is 1. The zero-order valence-corrected chi connectivity index (χ0v) is 15.8. The van der Waals surface area contributed by atoms with Gasteiger partial charge >= 0.3 is 0 Å². The minimum atomic E-state index is -0.457. The standard InChI is InChI=1S/C19H21N5OS/c1-13(2)24-19(21-22-23-24)26-17(15-7-5-4-6-8-15)18(25)20-16-11-9-14(3)10-12-16/h4-13,17H,1-3H3,(H,20,25)/t17-/m0/s1. The Morgan fingerprint density at radius 3 is 2.42 bits per heavy atom. The molecule has 3 aromatic rings. The summed E-state index contributed by atoms with van der Waals surface area (Å²) in [6.07, 6.45) is 0. The van der Waals surface area contributed by atoms with E-state index in [4.69, 9.17) is 0 Å². The molecule has 1 amide bonds. The number of hydrogen-bond acceptors (Lipinski definition) is 5. The molecule has 134 valence electrons. The van der Waals surface area contributed by atoms with Crippen molar-refractivity contribution in [3.05, 3.63) is 65.7 Å². The molecule has 0 saturated carbocycles. The van der Waals surface area contributed by atoms with Gasteiger partial charge in [-0.1, -0.05) is 59.8 Å². The molecule has 0 radical (unpaired) electrons. The number of tetrazole rings is 1. The van der Waals surface area contributed by atoms with Crippen LogP contribution >= 0.6 is 11.8 Å². The maximum absolute atomic E-state index is 13.0. The van der Waals surface area contributed by atoms with Crippen LogP contribution in [-0.4, -0.2) is 26.1 Å². The van der Waals surface area contributed by atoms with Crippen LogP contribution in [0.3, 0.4) is 0 Å². The van der Waals surface area contributed by atoms with Gasteiger partial charge in [0.15, 0.2) is 0 Å². The van der Waals surface area contributed by atoms with Gasteiger partial charge in [0.1, 0.15) is 5.25 Å². The Morgan fingerprint density at radius 1 is 1.08 bits per heavy atom. The number of amides is 1. The molecule has 0 aliphatic carbocycles. The lowest BCUT2D eigenvalue weighted by atomic mass is 10.1. The average molecular weight is 367 g/mol. The summed E-state index contributed by atoms with van der Waals surface area (Å²) < 4.78 is 1.72. The molecule has 1 atom stereocenters. The van der Waals surface area contributed by atoms with E-state index >= 15 is 0 Å². The number of nitrogens with zero attached hydrogens (tertiary/aromatic N) is 4. The molecular formula is C19H21N5OS. The van der Waals surface area contributed by atoms with Crippen molar-refractivity contribution < 1.29 is 4.79 Å². The molecule has 6 nitrogen and oxygen atoms in total. The maximum atomic E-state index is 13.0. The van der Waals surface area contributed by atoms with Gasteiger partial charge in [-0.2, -0.15) is 0 Å². The van der Waals surface area contributed by atoms with Crippen LogP contribution in [-0.2, 0) is 4.79 Å². The number of aromatic nitrogens is 4. The summed E-state index contributed by atoms with van der Waals surface area (Å²) in [5, 5.41) is 15.0. The minimum absolute atomic E-state index is 0.108. The van der Waals surface area contributed by atoms with Crippen molar-refractivity contribution in [2.75, 3.05) is 5.32 Å². The molecule has 7 heteroatoms. The van der Waals surface area contributed by atoms with E-state index in [0.717, 1.165) is 16.8 Å². The van der Waals surface area contributed by atoms with Crippen molar-refractivity contribution in [2.45, 2.75) is 37.2 Å².